The lowest BCUT2D eigenvalue weighted by atomic mass is 10.1. The zero-order chi connectivity index (χ0) is 21.2. The monoisotopic (exact) mass is 423 g/mol. The lowest BCUT2D eigenvalue weighted by Gasteiger charge is -2.23. The van der Waals surface area contributed by atoms with Gasteiger partial charge in [-0.15, -0.1) is 0 Å². The summed E-state index contributed by atoms with van der Waals surface area (Å²) in [5.74, 6) is 0.520. The molecule has 9 nitrogen and oxygen atoms in total. The first-order chi connectivity index (χ1) is 15.2. The van der Waals surface area contributed by atoms with Crippen LogP contribution >= 0.6 is 0 Å². The van der Waals surface area contributed by atoms with Crippen LogP contribution in [-0.2, 0) is 16.1 Å². The molecule has 5 heterocycles. The summed E-state index contributed by atoms with van der Waals surface area (Å²) in [7, 11) is 0. The van der Waals surface area contributed by atoms with E-state index in [4.69, 9.17) is 24.3 Å². The predicted octanol–water partition coefficient (Wildman–Crippen LogP) is 3.59. The molecule has 31 heavy (non-hydrogen) atoms. The van der Waals surface area contributed by atoms with Gasteiger partial charge >= 0.3 is 6.09 Å². The minimum absolute atomic E-state index is 0.119. The first kappa shape index (κ1) is 19.7. The van der Waals surface area contributed by atoms with E-state index in [9.17, 15) is 4.79 Å². The Morgan fingerprint density at radius 1 is 1.19 bits per heavy atom. The second-order valence-electron chi connectivity index (χ2n) is 7.93. The number of alkyl carbamates (subject to hydrolysis) is 1. The van der Waals surface area contributed by atoms with Gasteiger partial charge in [-0.2, -0.15) is 5.10 Å². The van der Waals surface area contributed by atoms with Gasteiger partial charge in [-0.3, -0.25) is 4.98 Å². The normalized spacial score (nSPS) is 22.2. The summed E-state index contributed by atoms with van der Waals surface area (Å²) in [5.41, 5.74) is 3.91. The molecule has 1 fully saturated rings. The highest BCUT2D eigenvalue weighted by molar-refractivity contribution is 5.90. The minimum atomic E-state index is -0.465. The van der Waals surface area contributed by atoms with Crippen molar-refractivity contribution in [1.82, 2.24) is 25.1 Å². The number of carbonyl (C=O) groups excluding carboxylic acids is 1. The highest BCUT2D eigenvalue weighted by Crippen LogP contribution is 2.33. The largest absolute Gasteiger partial charge is 0.475 e. The van der Waals surface area contributed by atoms with Crippen molar-refractivity contribution in [3.8, 4) is 17.1 Å². The molecule has 9 heteroatoms. The molecule has 0 saturated carbocycles. The van der Waals surface area contributed by atoms with E-state index in [0.29, 0.717) is 24.5 Å². The molecule has 2 aliphatic rings. The summed E-state index contributed by atoms with van der Waals surface area (Å²) >= 11 is 0. The summed E-state index contributed by atoms with van der Waals surface area (Å²) in [5, 5.41) is 7.63. The molecule has 5 rings (SSSR count). The van der Waals surface area contributed by atoms with Crippen LogP contribution < -0.4 is 10.1 Å². The summed E-state index contributed by atoms with van der Waals surface area (Å²) in [6.45, 7) is 3.25. The molecule has 3 aromatic heterocycles. The van der Waals surface area contributed by atoms with Crippen LogP contribution in [0.1, 0.15) is 44.4 Å². The third-order valence-electron chi connectivity index (χ3n) is 5.54. The molecule has 4 bridgehead atoms. The maximum Gasteiger partial charge on any atom is 0.407 e. The number of cyclic esters (lactones) is 1. The first-order valence-electron chi connectivity index (χ1n) is 10.7. The van der Waals surface area contributed by atoms with Crippen LogP contribution in [0.5, 0.6) is 5.88 Å². The second-order valence-corrected chi connectivity index (χ2v) is 7.93. The number of aromatic nitrogens is 4. The fraction of sp³-hybridized carbons (Fsp3) is 0.455. The Morgan fingerprint density at radius 2 is 2.13 bits per heavy atom. The maximum atomic E-state index is 12.0. The molecule has 2 atom stereocenters. The van der Waals surface area contributed by atoms with Gasteiger partial charge in [0.05, 0.1) is 11.6 Å². The highest BCUT2D eigenvalue weighted by Gasteiger charge is 2.23. The second kappa shape index (κ2) is 8.50. The number of nitrogens with one attached hydrogen (secondary N) is 1. The van der Waals surface area contributed by atoms with Crippen molar-refractivity contribution in [3.05, 3.63) is 36.2 Å². The van der Waals surface area contributed by atoms with Crippen molar-refractivity contribution >= 4 is 17.1 Å². The molecular weight excluding hydrogens is 398 g/mol. The van der Waals surface area contributed by atoms with Gasteiger partial charge in [-0.05, 0) is 38.3 Å². The van der Waals surface area contributed by atoms with Gasteiger partial charge < -0.3 is 19.5 Å². The number of hydrogen-bond acceptors (Lipinski definition) is 7. The van der Waals surface area contributed by atoms with Gasteiger partial charge in [0.2, 0.25) is 5.88 Å². The molecular formula is C22H25N5O4. The van der Waals surface area contributed by atoms with Gasteiger partial charge in [-0.1, -0.05) is 0 Å². The topological polar surface area (TPSA) is 100 Å². The zero-order valence-corrected chi connectivity index (χ0v) is 17.4. The molecule has 0 aromatic carbocycles. The lowest BCUT2D eigenvalue weighted by Crippen LogP contribution is -2.28. The number of carbonyl (C=O) groups is 1. The molecule has 162 valence electrons. The van der Waals surface area contributed by atoms with Crippen LogP contribution in [-0.4, -0.2) is 45.1 Å². The molecule has 0 spiro atoms. The number of ether oxygens (including phenoxy) is 3. The van der Waals surface area contributed by atoms with E-state index < -0.39 is 6.09 Å². The third-order valence-corrected chi connectivity index (χ3v) is 5.54. The number of nitrogens with zero attached hydrogens (tertiary/aromatic N) is 4. The van der Waals surface area contributed by atoms with Crippen molar-refractivity contribution < 1.29 is 19.0 Å². The van der Waals surface area contributed by atoms with Gasteiger partial charge in [0, 0.05) is 49.2 Å². The van der Waals surface area contributed by atoms with Crippen LogP contribution in [0.15, 0.2) is 30.6 Å². The lowest BCUT2D eigenvalue weighted by molar-refractivity contribution is -0.0365. The molecule has 1 saturated heterocycles. The number of amides is 1. The van der Waals surface area contributed by atoms with E-state index in [1.807, 2.05) is 29.8 Å². The Morgan fingerprint density at radius 3 is 3.00 bits per heavy atom. The van der Waals surface area contributed by atoms with Gasteiger partial charge in [0.25, 0.3) is 0 Å². The van der Waals surface area contributed by atoms with Gasteiger partial charge in [0.15, 0.2) is 6.23 Å². The SMILES string of the molecule is C[C@@H]1CCNC(=O)OCc2cncc(c2)-c2nn(C3CCCCO3)c3ccc(nc23)O1. The van der Waals surface area contributed by atoms with Crippen molar-refractivity contribution in [2.24, 2.45) is 0 Å². The average Bonchev–Trinajstić information content (AvgIpc) is 3.17. The van der Waals surface area contributed by atoms with E-state index in [1.165, 1.54) is 0 Å². The Balaban J connectivity index is 1.63. The third kappa shape index (κ3) is 4.18. The van der Waals surface area contributed by atoms with Gasteiger partial charge in [0.1, 0.15) is 17.8 Å². The predicted molar refractivity (Wildman–Crippen MR) is 112 cm³/mol. The summed E-state index contributed by atoms with van der Waals surface area (Å²) < 4.78 is 19.2. The molecule has 1 amide bonds. The van der Waals surface area contributed by atoms with Crippen LogP contribution in [0.25, 0.3) is 22.3 Å². The number of hydrogen-bond donors (Lipinski definition) is 1. The smallest absolute Gasteiger partial charge is 0.407 e. The molecule has 0 radical (unpaired) electrons. The zero-order valence-electron chi connectivity index (χ0n) is 17.4. The van der Waals surface area contributed by atoms with E-state index >= 15 is 0 Å². The molecule has 0 aliphatic carbocycles. The Kier molecular flexibility index (Phi) is 5.42. The van der Waals surface area contributed by atoms with Crippen LogP contribution in [0.2, 0.25) is 0 Å². The summed E-state index contributed by atoms with van der Waals surface area (Å²) in [6, 6.07) is 5.77. The Bertz CT molecular complexity index is 1090. The van der Waals surface area contributed by atoms with Crippen molar-refractivity contribution in [3.63, 3.8) is 0 Å². The van der Waals surface area contributed by atoms with E-state index in [-0.39, 0.29) is 18.9 Å². The number of rotatable bonds is 1. The molecule has 2 aliphatic heterocycles. The molecule has 3 aromatic rings. The Hall–Kier alpha value is -3.20. The van der Waals surface area contributed by atoms with E-state index in [1.54, 1.807) is 12.4 Å². The number of pyridine rings is 2. The fourth-order valence-corrected chi connectivity index (χ4v) is 3.94. The average molecular weight is 423 g/mol. The highest BCUT2D eigenvalue weighted by atomic mass is 16.5. The molecule has 1 N–H and O–H groups in total. The van der Waals surface area contributed by atoms with E-state index in [0.717, 1.165) is 48.0 Å². The van der Waals surface area contributed by atoms with Crippen LogP contribution in [0, 0.1) is 0 Å². The summed E-state index contributed by atoms with van der Waals surface area (Å²) in [6.07, 6.45) is 6.42. The van der Waals surface area contributed by atoms with Crippen LogP contribution in [0.4, 0.5) is 4.79 Å². The fourth-order valence-electron chi connectivity index (χ4n) is 3.94. The molecule has 1 unspecified atom stereocenters. The summed E-state index contributed by atoms with van der Waals surface area (Å²) in [4.78, 5) is 21.1. The van der Waals surface area contributed by atoms with Crippen molar-refractivity contribution in [2.75, 3.05) is 13.2 Å². The first-order valence-corrected chi connectivity index (χ1v) is 10.7. The maximum absolute atomic E-state index is 12.0. The Labute approximate surface area is 179 Å². The quantitative estimate of drug-likeness (QED) is 0.638. The minimum Gasteiger partial charge on any atom is -0.475 e. The standard InChI is InChI=1S/C22H25N5O4/c1-14-7-8-24-22(28)30-13-15-10-16(12-23-11-15)20-21-17(5-6-18(25-21)31-14)27(26-20)19-4-2-3-9-29-19/h5-6,10-12,14,19H,2-4,7-9,13H2,1H3,(H,24,28)/t14-,19?/m1/s1. The van der Waals surface area contributed by atoms with E-state index in [2.05, 4.69) is 10.3 Å². The van der Waals surface area contributed by atoms with Gasteiger partial charge in [-0.25, -0.2) is 14.5 Å². The number of fused-ring (bicyclic) bond motifs is 4. The van der Waals surface area contributed by atoms with Crippen LogP contribution in [0.3, 0.4) is 0 Å². The van der Waals surface area contributed by atoms with Crippen molar-refractivity contribution in [1.29, 1.82) is 0 Å². The van der Waals surface area contributed by atoms with Crippen molar-refractivity contribution in [2.45, 2.75) is 51.5 Å².